The summed E-state index contributed by atoms with van der Waals surface area (Å²) in [4.78, 5) is 0. The fourth-order valence-corrected chi connectivity index (χ4v) is 2.49. The minimum Gasteiger partial charge on any atom is -0.504 e. The van der Waals surface area contributed by atoms with E-state index in [9.17, 15) is 21.9 Å². The first-order valence-corrected chi connectivity index (χ1v) is 7.33. The molecule has 0 aliphatic carbocycles. The summed E-state index contributed by atoms with van der Waals surface area (Å²) in [5.41, 5.74) is -0.140. The summed E-state index contributed by atoms with van der Waals surface area (Å²) < 4.78 is 65.1. The monoisotopic (exact) mass is 309 g/mol. The Kier molecular flexibility index (Phi) is 2.93. The van der Waals surface area contributed by atoms with Crippen molar-refractivity contribution in [3.8, 4) is 11.5 Å². The van der Waals surface area contributed by atoms with Gasteiger partial charge in [0.1, 0.15) is 0 Å². The van der Waals surface area contributed by atoms with E-state index < -0.39 is 32.2 Å². The summed E-state index contributed by atoms with van der Waals surface area (Å²) in [6, 6.07) is 3.11. The molecule has 3 N–H and O–H groups in total. The third kappa shape index (κ3) is 2.78. The molecule has 0 spiro atoms. The number of fused-ring (bicyclic) bond motifs is 1. The van der Waals surface area contributed by atoms with Crippen LogP contribution in [0, 0.1) is 0 Å². The number of nitrogens with zero attached hydrogens (tertiary/aromatic N) is 1. The Bertz CT molecular complexity index is 848. The van der Waals surface area contributed by atoms with Crippen LogP contribution in [0.4, 0.5) is 0 Å². The number of aromatic hydroxyl groups is 1. The van der Waals surface area contributed by atoms with Crippen molar-refractivity contribution in [1.29, 1.82) is 0 Å². The molecule has 0 bridgehead atoms. The molecular formula is C8H7NO8S2. The van der Waals surface area contributed by atoms with Gasteiger partial charge in [-0.25, -0.2) is 3.97 Å². The lowest BCUT2D eigenvalue weighted by Gasteiger charge is -2.06. The van der Waals surface area contributed by atoms with Gasteiger partial charge in [-0.05, 0) is 12.1 Å². The van der Waals surface area contributed by atoms with Crippen LogP contribution in [0.3, 0.4) is 0 Å². The maximum atomic E-state index is 11.0. The van der Waals surface area contributed by atoms with E-state index in [-0.39, 0.29) is 10.9 Å². The van der Waals surface area contributed by atoms with Gasteiger partial charge in [0, 0.05) is 17.6 Å². The topological polar surface area (TPSA) is 143 Å². The van der Waals surface area contributed by atoms with Crippen LogP contribution in [0.1, 0.15) is 0 Å². The van der Waals surface area contributed by atoms with Crippen molar-refractivity contribution in [2.75, 3.05) is 0 Å². The first kappa shape index (κ1) is 13.6. The molecule has 0 unspecified atom stereocenters. The molecule has 9 nitrogen and oxygen atoms in total. The molecule has 2 rings (SSSR count). The summed E-state index contributed by atoms with van der Waals surface area (Å²) in [7, 11) is -9.47. The van der Waals surface area contributed by atoms with Gasteiger partial charge in [-0.3, -0.25) is 9.11 Å². The van der Waals surface area contributed by atoms with Crippen molar-refractivity contribution in [2.24, 2.45) is 0 Å². The number of aromatic nitrogens is 1. The zero-order valence-electron chi connectivity index (χ0n) is 8.96. The maximum Gasteiger partial charge on any atom is 0.446 e. The summed E-state index contributed by atoms with van der Waals surface area (Å²) >= 11 is 0. The zero-order chi connectivity index (χ0) is 14.4. The Labute approximate surface area is 107 Å². The average Bonchev–Trinajstić information content (AvgIpc) is 2.58. The second kappa shape index (κ2) is 4.09. The molecule has 0 radical (unpaired) electrons. The van der Waals surface area contributed by atoms with Crippen LogP contribution in [0.2, 0.25) is 0 Å². The number of hydrogen-bond donors (Lipinski definition) is 3. The van der Waals surface area contributed by atoms with Crippen LogP contribution < -0.4 is 4.18 Å². The van der Waals surface area contributed by atoms with Crippen molar-refractivity contribution in [2.45, 2.75) is 0 Å². The first-order chi connectivity index (χ1) is 8.58. The molecule has 2 aromatic rings. The minimum atomic E-state index is -4.88. The van der Waals surface area contributed by atoms with Crippen molar-refractivity contribution >= 4 is 31.6 Å². The second-order valence-electron chi connectivity index (χ2n) is 3.48. The van der Waals surface area contributed by atoms with Crippen LogP contribution in [-0.2, 0) is 20.7 Å². The lowest BCUT2D eigenvalue weighted by molar-refractivity contribution is 0.371. The molecule has 0 saturated carbocycles. The molecule has 11 heteroatoms. The minimum absolute atomic E-state index is 0.140. The van der Waals surface area contributed by atoms with E-state index in [0.29, 0.717) is 3.97 Å². The third-order valence-corrected chi connectivity index (χ3v) is 3.38. The first-order valence-electron chi connectivity index (χ1n) is 4.57. The molecule has 0 saturated heterocycles. The normalized spacial score (nSPS) is 12.7. The summed E-state index contributed by atoms with van der Waals surface area (Å²) in [5, 5.41) is 9.67. The predicted molar refractivity (Wildman–Crippen MR) is 62.7 cm³/mol. The Morgan fingerprint density at radius 2 is 1.74 bits per heavy atom. The number of rotatable bonds is 3. The molecule has 1 aromatic heterocycles. The van der Waals surface area contributed by atoms with Gasteiger partial charge in [0.2, 0.25) is 0 Å². The second-order valence-corrected chi connectivity index (χ2v) is 5.79. The smallest absolute Gasteiger partial charge is 0.446 e. The quantitative estimate of drug-likeness (QED) is 0.681. The van der Waals surface area contributed by atoms with Crippen molar-refractivity contribution in [3.05, 3.63) is 24.4 Å². The van der Waals surface area contributed by atoms with E-state index in [2.05, 4.69) is 4.18 Å². The highest BCUT2D eigenvalue weighted by Crippen LogP contribution is 2.33. The molecule has 0 atom stereocenters. The van der Waals surface area contributed by atoms with Crippen LogP contribution >= 0.6 is 0 Å². The van der Waals surface area contributed by atoms with Crippen LogP contribution in [0.5, 0.6) is 11.5 Å². The molecule has 0 aliphatic rings. The Morgan fingerprint density at radius 1 is 1.11 bits per heavy atom. The van der Waals surface area contributed by atoms with Gasteiger partial charge >= 0.3 is 20.7 Å². The third-order valence-electron chi connectivity index (χ3n) is 2.18. The van der Waals surface area contributed by atoms with E-state index in [1.165, 1.54) is 6.07 Å². The van der Waals surface area contributed by atoms with E-state index in [0.717, 1.165) is 18.3 Å². The zero-order valence-corrected chi connectivity index (χ0v) is 10.6. The maximum absolute atomic E-state index is 11.0. The number of phenolic OH excluding ortho intramolecular Hbond substituents is 1. The summed E-state index contributed by atoms with van der Waals surface area (Å²) in [6.07, 6.45) is 0.997. The van der Waals surface area contributed by atoms with E-state index in [1.54, 1.807) is 0 Å². The Morgan fingerprint density at radius 3 is 2.26 bits per heavy atom. The summed E-state index contributed by atoms with van der Waals surface area (Å²) in [5.74, 6) is -1.31. The van der Waals surface area contributed by atoms with Gasteiger partial charge in [-0.2, -0.15) is 16.8 Å². The summed E-state index contributed by atoms with van der Waals surface area (Å²) in [6.45, 7) is 0. The largest absolute Gasteiger partial charge is 0.504 e. The molecule has 104 valence electrons. The molecule has 0 fully saturated rings. The van der Waals surface area contributed by atoms with E-state index >= 15 is 0 Å². The van der Waals surface area contributed by atoms with Crippen molar-refractivity contribution in [3.63, 3.8) is 0 Å². The highest BCUT2D eigenvalue weighted by molar-refractivity contribution is 7.84. The van der Waals surface area contributed by atoms with Crippen LogP contribution in [-0.4, -0.2) is 35.0 Å². The van der Waals surface area contributed by atoms with Gasteiger partial charge in [0.05, 0.1) is 5.52 Å². The SMILES string of the molecule is O=S(=O)(O)Oc1cc2c(ccn2S(=O)(=O)O)cc1O. The van der Waals surface area contributed by atoms with Gasteiger partial charge in [0.15, 0.2) is 11.5 Å². The predicted octanol–water partition coefficient (Wildman–Crippen LogP) is 0.179. The van der Waals surface area contributed by atoms with Crippen LogP contribution in [0.25, 0.3) is 10.9 Å². The Hall–Kier alpha value is -1.82. The van der Waals surface area contributed by atoms with E-state index in [1.807, 2.05) is 0 Å². The van der Waals surface area contributed by atoms with Gasteiger partial charge in [-0.15, -0.1) is 0 Å². The average molecular weight is 309 g/mol. The fraction of sp³-hybridized carbons (Fsp3) is 0. The molecular weight excluding hydrogens is 302 g/mol. The Balaban J connectivity index is 2.72. The van der Waals surface area contributed by atoms with Crippen molar-refractivity contribution < 1.29 is 35.2 Å². The highest BCUT2D eigenvalue weighted by Gasteiger charge is 2.17. The molecule has 0 amide bonds. The van der Waals surface area contributed by atoms with Gasteiger partial charge < -0.3 is 9.29 Å². The molecule has 1 heterocycles. The van der Waals surface area contributed by atoms with Crippen molar-refractivity contribution in [1.82, 2.24) is 3.97 Å². The molecule has 19 heavy (non-hydrogen) atoms. The lowest BCUT2D eigenvalue weighted by Crippen LogP contribution is -2.10. The molecule has 1 aromatic carbocycles. The van der Waals surface area contributed by atoms with E-state index in [4.69, 9.17) is 9.11 Å². The van der Waals surface area contributed by atoms with Gasteiger partial charge in [-0.1, -0.05) is 0 Å². The number of hydrogen-bond acceptors (Lipinski definition) is 6. The molecule has 0 aliphatic heterocycles. The standard InChI is InChI=1S/C8H7NO8S2/c10-7-3-5-1-2-9(18(11,12)13)6(5)4-8(7)17-19(14,15)16/h1-4,10H,(H,11,12,13)(H,14,15,16). The van der Waals surface area contributed by atoms with Gasteiger partial charge in [0.25, 0.3) is 0 Å². The fourth-order valence-electron chi connectivity index (χ4n) is 1.51. The number of benzene rings is 1. The lowest BCUT2D eigenvalue weighted by atomic mass is 10.2. The number of phenols is 1. The highest BCUT2D eigenvalue weighted by atomic mass is 32.3. The van der Waals surface area contributed by atoms with Crippen LogP contribution in [0.15, 0.2) is 24.4 Å².